The summed E-state index contributed by atoms with van der Waals surface area (Å²) in [5.74, 6) is -1.46. The standard InChI is InChI=1S/C15H21FN2O3/c1-3-7-11(10-14(19)20)17-15(21)18(4-2)13-9-6-5-8-12(13)16/h5-6,8-9,11H,3-4,7,10H2,1-2H3,(H,17,21)(H,19,20). The van der Waals surface area contributed by atoms with Crippen LogP contribution in [-0.4, -0.2) is 29.7 Å². The maximum atomic E-state index is 13.8. The van der Waals surface area contributed by atoms with Crippen LogP contribution in [0, 0.1) is 5.82 Å². The van der Waals surface area contributed by atoms with E-state index in [2.05, 4.69) is 5.32 Å². The number of carboxylic acid groups (broad SMARTS) is 1. The molecule has 0 saturated heterocycles. The molecule has 116 valence electrons. The van der Waals surface area contributed by atoms with Crippen molar-refractivity contribution in [1.29, 1.82) is 0 Å². The van der Waals surface area contributed by atoms with E-state index in [1.54, 1.807) is 19.1 Å². The van der Waals surface area contributed by atoms with E-state index in [1.165, 1.54) is 17.0 Å². The molecule has 1 aromatic carbocycles. The van der Waals surface area contributed by atoms with Crippen molar-refractivity contribution in [3.05, 3.63) is 30.1 Å². The van der Waals surface area contributed by atoms with Crippen LogP contribution in [0.15, 0.2) is 24.3 Å². The van der Waals surface area contributed by atoms with Gasteiger partial charge in [-0.15, -0.1) is 0 Å². The Labute approximate surface area is 123 Å². The maximum absolute atomic E-state index is 13.8. The minimum Gasteiger partial charge on any atom is -0.481 e. The molecule has 0 radical (unpaired) electrons. The lowest BCUT2D eigenvalue weighted by atomic mass is 10.1. The van der Waals surface area contributed by atoms with Crippen molar-refractivity contribution >= 4 is 17.7 Å². The molecule has 0 aliphatic rings. The van der Waals surface area contributed by atoms with Crippen LogP contribution < -0.4 is 10.2 Å². The minimum atomic E-state index is -0.970. The van der Waals surface area contributed by atoms with Gasteiger partial charge in [-0.3, -0.25) is 9.69 Å². The van der Waals surface area contributed by atoms with Gasteiger partial charge in [-0.05, 0) is 25.5 Å². The molecule has 1 atom stereocenters. The summed E-state index contributed by atoms with van der Waals surface area (Å²) in [7, 11) is 0. The fourth-order valence-electron chi connectivity index (χ4n) is 2.13. The summed E-state index contributed by atoms with van der Waals surface area (Å²) in [5, 5.41) is 11.5. The predicted octanol–water partition coefficient (Wildman–Crippen LogP) is 3.01. The SMILES string of the molecule is CCCC(CC(=O)O)NC(=O)N(CC)c1ccccc1F. The van der Waals surface area contributed by atoms with E-state index in [9.17, 15) is 14.0 Å². The van der Waals surface area contributed by atoms with E-state index in [4.69, 9.17) is 5.11 Å². The lowest BCUT2D eigenvalue weighted by molar-refractivity contribution is -0.137. The Bertz CT molecular complexity index is 494. The summed E-state index contributed by atoms with van der Waals surface area (Å²) < 4.78 is 13.8. The van der Waals surface area contributed by atoms with Gasteiger partial charge >= 0.3 is 12.0 Å². The summed E-state index contributed by atoms with van der Waals surface area (Å²) in [6, 6.07) is 5.06. The van der Waals surface area contributed by atoms with Gasteiger partial charge in [0.25, 0.3) is 0 Å². The molecule has 0 spiro atoms. The number of urea groups is 1. The van der Waals surface area contributed by atoms with Crippen molar-refractivity contribution in [1.82, 2.24) is 5.32 Å². The number of carboxylic acids is 1. The topological polar surface area (TPSA) is 69.6 Å². The maximum Gasteiger partial charge on any atom is 0.322 e. The number of carbonyl (C=O) groups excluding carboxylic acids is 1. The van der Waals surface area contributed by atoms with Gasteiger partial charge in [0.2, 0.25) is 0 Å². The molecule has 0 aromatic heterocycles. The number of benzene rings is 1. The Kier molecular flexibility index (Phi) is 6.65. The van der Waals surface area contributed by atoms with Gasteiger partial charge in [0, 0.05) is 12.6 Å². The van der Waals surface area contributed by atoms with E-state index >= 15 is 0 Å². The van der Waals surface area contributed by atoms with Gasteiger partial charge < -0.3 is 10.4 Å². The number of amides is 2. The molecular weight excluding hydrogens is 275 g/mol. The van der Waals surface area contributed by atoms with Crippen molar-refractivity contribution in [2.75, 3.05) is 11.4 Å². The highest BCUT2D eigenvalue weighted by molar-refractivity contribution is 5.92. The number of hydrogen-bond acceptors (Lipinski definition) is 2. The van der Waals surface area contributed by atoms with Crippen LogP contribution in [0.25, 0.3) is 0 Å². The molecule has 2 amide bonds. The second-order valence-electron chi connectivity index (χ2n) is 4.73. The number of halogens is 1. The summed E-state index contributed by atoms with van der Waals surface area (Å²) in [5.41, 5.74) is 0.183. The highest BCUT2D eigenvalue weighted by Gasteiger charge is 2.21. The number of nitrogens with one attached hydrogen (secondary N) is 1. The molecule has 5 nitrogen and oxygen atoms in total. The molecule has 0 fully saturated rings. The zero-order chi connectivity index (χ0) is 15.8. The summed E-state index contributed by atoms with van der Waals surface area (Å²) >= 11 is 0. The van der Waals surface area contributed by atoms with E-state index < -0.39 is 23.9 Å². The molecule has 0 heterocycles. The number of para-hydroxylation sites is 1. The number of rotatable bonds is 7. The van der Waals surface area contributed by atoms with Gasteiger partial charge in [-0.25, -0.2) is 9.18 Å². The first kappa shape index (κ1) is 16.9. The van der Waals surface area contributed by atoms with E-state index in [-0.39, 0.29) is 12.1 Å². The third kappa shape index (κ3) is 5.06. The fourth-order valence-corrected chi connectivity index (χ4v) is 2.13. The first-order valence-corrected chi connectivity index (χ1v) is 7.03. The van der Waals surface area contributed by atoms with Crippen LogP contribution in [0.4, 0.5) is 14.9 Å². The summed E-state index contributed by atoms with van der Waals surface area (Å²) in [6.45, 7) is 3.94. The Morgan fingerprint density at radius 3 is 2.52 bits per heavy atom. The Hall–Kier alpha value is -2.11. The second-order valence-corrected chi connectivity index (χ2v) is 4.73. The Balaban J connectivity index is 2.83. The Morgan fingerprint density at radius 2 is 2.00 bits per heavy atom. The van der Waals surface area contributed by atoms with Crippen molar-refractivity contribution in [2.24, 2.45) is 0 Å². The zero-order valence-corrected chi connectivity index (χ0v) is 12.3. The average molecular weight is 296 g/mol. The fraction of sp³-hybridized carbons (Fsp3) is 0.467. The molecule has 1 unspecified atom stereocenters. The molecule has 0 aliphatic carbocycles. The molecule has 0 bridgehead atoms. The predicted molar refractivity (Wildman–Crippen MR) is 78.9 cm³/mol. The average Bonchev–Trinajstić information content (AvgIpc) is 2.41. The lowest BCUT2D eigenvalue weighted by Crippen LogP contribution is -2.46. The van der Waals surface area contributed by atoms with Gasteiger partial charge in [0.1, 0.15) is 5.82 Å². The smallest absolute Gasteiger partial charge is 0.322 e. The van der Waals surface area contributed by atoms with Crippen LogP contribution in [0.2, 0.25) is 0 Å². The van der Waals surface area contributed by atoms with Crippen molar-refractivity contribution in [3.63, 3.8) is 0 Å². The lowest BCUT2D eigenvalue weighted by Gasteiger charge is -2.25. The van der Waals surface area contributed by atoms with E-state index in [0.29, 0.717) is 13.0 Å². The van der Waals surface area contributed by atoms with Crippen LogP contribution in [0.3, 0.4) is 0 Å². The van der Waals surface area contributed by atoms with Crippen molar-refractivity contribution in [3.8, 4) is 0 Å². The molecule has 21 heavy (non-hydrogen) atoms. The van der Waals surface area contributed by atoms with Crippen LogP contribution in [0.5, 0.6) is 0 Å². The van der Waals surface area contributed by atoms with Gasteiger partial charge in [0.05, 0.1) is 12.1 Å². The van der Waals surface area contributed by atoms with Crippen molar-refractivity contribution < 1.29 is 19.1 Å². The second kappa shape index (κ2) is 8.24. The minimum absolute atomic E-state index is 0.144. The van der Waals surface area contributed by atoms with Gasteiger partial charge in [-0.2, -0.15) is 0 Å². The van der Waals surface area contributed by atoms with Crippen LogP contribution in [-0.2, 0) is 4.79 Å². The summed E-state index contributed by atoms with van der Waals surface area (Å²) in [6.07, 6.45) is 1.17. The quantitative estimate of drug-likeness (QED) is 0.812. The number of aliphatic carboxylic acids is 1. The third-order valence-corrected chi connectivity index (χ3v) is 3.09. The number of nitrogens with zero attached hydrogens (tertiary/aromatic N) is 1. The largest absolute Gasteiger partial charge is 0.481 e. The normalized spacial score (nSPS) is 11.8. The molecule has 2 N–H and O–H groups in total. The summed E-state index contributed by atoms with van der Waals surface area (Å²) in [4.78, 5) is 24.3. The molecule has 0 saturated carbocycles. The third-order valence-electron chi connectivity index (χ3n) is 3.09. The van der Waals surface area contributed by atoms with Crippen LogP contribution in [0.1, 0.15) is 33.1 Å². The zero-order valence-electron chi connectivity index (χ0n) is 12.3. The highest BCUT2D eigenvalue weighted by atomic mass is 19.1. The monoisotopic (exact) mass is 296 g/mol. The molecular formula is C15H21FN2O3. The van der Waals surface area contributed by atoms with Crippen molar-refractivity contribution in [2.45, 2.75) is 39.2 Å². The first-order chi connectivity index (χ1) is 9.99. The molecule has 0 aliphatic heterocycles. The van der Waals surface area contributed by atoms with E-state index in [1.807, 2.05) is 6.92 Å². The molecule has 1 rings (SSSR count). The van der Waals surface area contributed by atoms with Crippen LogP contribution >= 0.6 is 0 Å². The van der Waals surface area contributed by atoms with E-state index in [0.717, 1.165) is 6.42 Å². The number of anilines is 1. The Morgan fingerprint density at radius 1 is 1.33 bits per heavy atom. The molecule has 6 heteroatoms. The van der Waals surface area contributed by atoms with Gasteiger partial charge in [-0.1, -0.05) is 25.5 Å². The first-order valence-electron chi connectivity index (χ1n) is 7.03. The van der Waals surface area contributed by atoms with Gasteiger partial charge in [0.15, 0.2) is 0 Å². The number of carbonyl (C=O) groups is 2. The molecule has 1 aromatic rings. The number of hydrogen-bond donors (Lipinski definition) is 2. The highest BCUT2D eigenvalue weighted by Crippen LogP contribution is 2.18.